The Hall–Kier alpha value is -1.22. The minimum absolute atomic E-state index is 0.0350. The second-order valence-corrected chi connectivity index (χ2v) is 11.0. The van der Waals surface area contributed by atoms with Crippen LogP contribution >= 0.6 is 21.6 Å². The van der Waals surface area contributed by atoms with Crippen LogP contribution < -0.4 is 5.32 Å². The van der Waals surface area contributed by atoms with Crippen LogP contribution in [0.3, 0.4) is 0 Å². The SMILES string of the molecule is CC(CSSC(C)(C)C)C(=O)CCCCCCC(=O)NC(CC(=O)O)C(=O)O. The van der Waals surface area contributed by atoms with Gasteiger partial charge in [0.2, 0.25) is 5.91 Å². The monoisotopic (exact) mass is 435 g/mol. The van der Waals surface area contributed by atoms with Gasteiger partial charge in [0.05, 0.1) is 6.42 Å². The van der Waals surface area contributed by atoms with E-state index >= 15 is 0 Å². The van der Waals surface area contributed by atoms with Gasteiger partial charge < -0.3 is 15.5 Å². The van der Waals surface area contributed by atoms with Gasteiger partial charge in [-0.25, -0.2) is 4.79 Å². The van der Waals surface area contributed by atoms with E-state index < -0.39 is 30.3 Å². The molecule has 0 aliphatic heterocycles. The summed E-state index contributed by atoms with van der Waals surface area (Å²) < 4.78 is 0.178. The van der Waals surface area contributed by atoms with Crippen molar-refractivity contribution >= 4 is 45.2 Å². The molecule has 9 heteroatoms. The highest BCUT2D eigenvalue weighted by Gasteiger charge is 2.22. The van der Waals surface area contributed by atoms with Gasteiger partial charge in [0.25, 0.3) is 0 Å². The molecular formula is C19H33NO6S2. The van der Waals surface area contributed by atoms with Crippen LogP contribution in [0, 0.1) is 5.92 Å². The number of hydrogen-bond donors (Lipinski definition) is 3. The lowest BCUT2D eigenvalue weighted by atomic mass is 10.0. The first-order valence-corrected chi connectivity index (χ1v) is 11.8. The molecule has 0 heterocycles. The highest BCUT2D eigenvalue weighted by atomic mass is 33.1. The molecule has 2 atom stereocenters. The minimum Gasteiger partial charge on any atom is -0.481 e. The van der Waals surface area contributed by atoms with Crippen LogP contribution in [0.4, 0.5) is 0 Å². The molecule has 7 nitrogen and oxygen atoms in total. The number of amides is 1. The maximum Gasteiger partial charge on any atom is 0.326 e. The largest absolute Gasteiger partial charge is 0.481 e. The van der Waals surface area contributed by atoms with Gasteiger partial charge in [-0.15, -0.1) is 0 Å². The zero-order valence-electron chi connectivity index (χ0n) is 17.2. The lowest BCUT2D eigenvalue weighted by molar-refractivity contribution is -0.147. The molecule has 162 valence electrons. The van der Waals surface area contributed by atoms with Gasteiger partial charge in [-0.2, -0.15) is 0 Å². The van der Waals surface area contributed by atoms with E-state index in [0.717, 1.165) is 25.0 Å². The van der Waals surface area contributed by atoms with E-state index in [2.05, 4.69) is 26.1 Å². The van der Waals surface area contributed by atoms with Crippen LogP contribution in [0.5, 0.6) is 0 Å². The third-order valence-corrected chi connectivity index (χ3v) is 7.28. The van der Waals surface area contributed by atoms with E-state index in [1.807, 2.05) is 6.92 Å². The van der Waals surface area contributed by atoms with Crippen molar-refractivity contribution in [3.63, 3.8) is 0 Å². The van der Waals surface area contributed by atoms with Crippen molar-refractivity contribution in [1.82, 2.24) is 5.32 Å². The van der Waals surface area contributed by atoms with E-state index in [-0.39, 0.29) is 22.9 Å². The zero-order valence-corrected chi connectivity index (χ0v) is 18.8. The smallest absolute Gasteiger partial charge is 0.326 e. The molecule has 0 aromatic rings. The molecule has 0 aromatic heterocycles. The Morgan fingerprint density at radius 2 is 1.54 bits per heavy atom. The Labute approximate surface area is 175 Å². The molecule has 2 unspecified atom stereocenters. The van der Waals surface area contributed by atoms with Crippen LogP contribution in [-0.4, -0.2) is 50.4 Å². The number of ketones is 1. The molecule has 0 rings (SSSR count). The standard InChI is InChI=1S/C19H33NO6S2/c1-13(12-27-28-19(2,3)4)15(21)9-7-5-6-8-10-16(22)20-14(18(25)26)11-17(23)24/h13-14H,5-12H2,1-4H3,(H,20,22)(H,23,24)(H,25,26). The molecule has 0 saturated carbocycles. The van der Waals surface area contributed by atoms with Crippen molar-refractivity contribution in [3.8, 4) is 0 Å². The fourth-order valence-electron chi connectivity index (χ4n) is 2.23. The quantitative estimate of drug-likeness (QED) is 0.263. The molecule has 0 bridgehead atoms. The molecule has 0 aliphatic carbocycles. The third-order valence-electron chi connectivity index (χ3n) is 3.77. The number of carboxylic acid groups (broad SMARTS) is 2. The van der Waals surface area contributed by atoms with E-state index in [4.69, 9.17) is 10.2 Å². The number of carbonyl (C=O) groups is 4. The second kappa shape index (κ2) is 13.9. The Morgan fingerprint density at radius 1 is 0.964 bits per heavy atom. The molecule has 0 saturated heterocycles. The van der Waals surface area contributed by atoms with Crippen molar-refractivity contribution < 1.29 is 29.4 Å². The molecule has 0 spiro atoms. The number of Topliss-reactive ketones (excluding diaryl/α,β-unsaturated/α-hetero) is 1. The summed E-state index contributed by atoms with van der Waals surface area (Å²) in [6.45, 7) is 8.39. The lowest BCUT2D eigenvalue weighted by Crippen LogP contribution is -2.42. The predicted octanol–water partition coefficient (Wildman–Crippen LogP) is 3.76. The van der Waals surface area contributed by atoms with Crippen LogP contribution in [0.15, 0.2) is 0 Å². The molecule has 28 heavy (non-hydrogen) atoms. The molecule has 0 radical (unpaired) electrons. The summed E-state index contributed by atoms with van der Waals surface area (Å²) >= 11 is 0. The number of nitrogens with one attached hydrogen (secondary N) is 1. The topological polar surface area (TPSA) is 121 Å². The maximum absolute atomic E-state index is 12.1. The van der Waals surface area contributed by atoms with Crippen LogP contribution in [-0.2, 0) is 19.2 Å². The van der Waals surface area contributed by atoms with E-state index in [9.17, 15) is 19.2 Å². The zero-order chi connectivity index (χ0) is 21.7. The Morgan fingerprint density at radius 3 is 2.04 bits per heavy atom. The van der Waals surface area contributed by atoms with Crippen molar-refractivity contribution in [2.24, 2.45) is 5.92 Å². The maximum atomic E-state index is 12.1. The van der Waals surface area contributed by atoms with Crippen molar-refractivity contribution in [2.45, 2.75) is 83.4 Å². The summed E-state index contributed by atoms with van der Waals surface area (Å²) in [7, 11) is 3.51. The highest BCUT2D eigenvalue weighted by Crippen LogP contribution is 2.36. The summed E-state index contributed by atoms with van der Waals surface area (Å²) in [5.41, 5.74) is 0. The molecule has 0 aromatic carbocycles. The predicted molar refractivity (Wildman–Crippen MR) is 113 cm³/mol. The Balaban J connectivity index is 3.87. The summed E-state index contributed by atoms with van der Waals surface area (Å²) in [4.78, 5) is 45.3. The van der Waals surface area contributed by atoms with E-state index in [0.29, 0.717) is 12.8 Å². The van der Waals surface area contributed by atoms with Crippen molar-refractivity contribution in [2.75, 3.05) is 5.75 Å². The van der Waals surface area contributed by atoms with E-state index in [1.54, 1.807) is 21.6 Å². The number of aliphatic carboxylic acids is 2. The normalized spacial score (nSPS) is 13.6. The molecule has 0 aliphatic rings. The fourth-order valence-corrected chi connectivity index (χ4v) is 4.92. The molecule has 0 fully saturated rings. The first-order chi connectivity index (χ1) is 12.9. The van der Waals surface area contributed by atoms with Gasteiger partial charge >= 0.3 is 11.9 Å². The van der Waals surface area contributed by atoms with Crippen molar-refractivity contribution in [1.29, 1.82) is 0 Å². The second-order valence-electron chi connectivity index (χ2n) is 7.82. The summed E-state index contributed by atoms with van der Waals surface area (Å²) in [5, 5.41) is 19.8. The summed E-state index contributed by atoms with van der Waals surface area (Å²) in [6, 6.07) is -1.40. The van der Waals surface area contributed by atoms with Gasteiger partial charge in [-0.3, -0.25) is 14.4 Å². The third kappa shape index (κ3) is 14.8. The summed E-state index contributed by atoms with van der Waals surface area (Å²) in [6.07, 6.45) is 2.98. The first kappa shape index (κ1) is 26.8. The van der Waals surface area contributed by atoms with Gasteiger partial charge in [-0.05, 0) is 12.8 Å². The van der Waals surface area contributed by atoms with Crippen molar-refractivity contribution in [3.05, 3.63) is 0 Å². The first-order valence-electron chi connectivity index (χ1n) is 9.49. The van der Waals surface area contributed by atoms with Gasteiger partial charge in [0.15, 0.2) is 0 Å². The fraction of sp³-hybridized carbons (Fsp3) is 0.789. The average molecular weight is 436 g/mol. The Kier molecular flexibility index (Phi) is 13.3. The lowest BCUT2D eigenvalue weighted by Gasteiger charge is -2.17. The number of rotatable bonds is 15. The van der Waals surface area contributed by atoms with Crippen LogP contribution in [0.1, 0.15) is 72.6 Å². The Bertz CT molecular complexity index is 533. The number of hydrogen-bond acceptors (Lipinski definition) is 6. The number of unbranched alkanes of at least 4 members (excludes halogenated alkanes) is 3. The van der Waals surface area contributed by atoms with Gasteiger partial charge in [-0.1, -0.05) is 62.1 Å². The number of carbonyl (C=O) groups excluding carboxylic acids is 2. The highest BCUT2D eigenvalue weighted by molar-refractivity contribution is 8.77. The van der Waals surface area contributed by atoms with Gasteiger partial charge in [0, 0.05) is 29.3 Å². The van der Waals surface area contributed by atoms with E-state index in [1.165, 1.54) is 0 Å². The van der Waals surface area contributed by atoms with Crippen LogP contribution in [0.25, 0.3) is 0 Å². The molecule has 3 N–H and O–H groups in total. The minimum atomic E-state index is -1.40. The number of carboxylic acids is 2. The van der Waals surface area contributed by atoms with Crippen LogP contribution in [0.2, 0.25) is 0 Å². The molecule has 1 amide bonds. The summed E-state index contributed by atoms with van der Waals surface area (Å²) in [5.74, 6) is -2.00. The average Bonchev–Trinajstić information content (AvgIpc) is 2.55. The van der Waals surface area contributed by atoms with Gasteiger partial charge in [0.1, 0.15) is 11.8 Å². The molecular weight excluding hydrogens is 402 g/mol.